The van der Waals surface area contributed by atoms with Crippen molar-refractivity contribution in [1.82, 2.24) is 5.32 Å². The van der Waals surface area contributed by atoms with Crippen LogP contribution in [0.3, 0.4) is 0 Å². The summed E-state index contributed by atoms with van der Waals surface area (Å²) in [7, 11) is 0. The highest BCUT2D eigenvalue weighted by Crippen LogP contribution is 2.41. The number of halogens is 1. The first-order valence-electron chi connectivity index (χ1n) is 4.58. The Morgan fingerprint density at radius 1 is 1.29 bits per heavy atom. The molecule has 74 valence electrons. The highest BCUT2D eigenvalue weighted by molar-refractivity contribution is 9.10. The number of carbonyl (C=O) groups is 1. The van der Waals surface area contributed by atoms with E-state index in [2.05, 4.69) is 21.2 Å². The van der Waals surface area contributed by atoms with Crippen LogP contribution in [-0.4, -0.2) is 5.91 Å². The molecule has 1 amide bonds. The lowest BCUT2D eigenvalue weighted by Gasteiger charge is -2.44. The Bertz CT molecular complexity index is 369. The molecule has 1 heterocycles. The van der Waals surface area contributed by atoms with Crippen LogP contribution in [-0.2, 0) is 4.79 Å². The maximum Gasteiger partial charge on any atom is 0.228 e. The van der Waals surface area contributed by atoms with Crippen LogP contribution in [0.15, 0.2) is 28.7 Å². The number of nitrogens with one attached hydrogen (secondary N) is 1. The Morgan fingerprint density at radius 2 is 1.86 bits per heavy atom. The maximum absolute atomic E-state index is 11.3. The lowest BCUT2D eigenvalue weighted by atomic mass is 9.73. The highest BCUT2D eigenvalue weighted by Gasteiger charge is 2.47. The van der Waals surface area contributed by atoms with Crippen LogP contribution in [0.25, 0.3) is 0 Å². The van der Waals surface area contributed by atoms with Gasteiger partial charge in [-0.25, -0.2) is 0 Å². The monoisotopic (exact) mass is 253 g/mol. The molecule has 1 fully saturated rings. The zero-order valence-electron chi connectivity index (χ0n) is 8.17. The zero-order chi connectivity index (χ0) is 10.3. The normalized spacial score (nSPS) is 23.9. The van der Waals surface area contributed by atoms with Crippen molar-refractivity contribution in [2.24, 2.45) is 5.41 Å². The molecule has 0 aromatic heterocycles. The molecule has 2 nitrogen and oxygen atoms in total. The summed E-state index contributed by atoms with van der Waals surface area (Å²) in [5.41, 5.74) is 0.895. The van der Waals surface area contributed by atoms with Crippen molar-refractivity contribution in [2.75, 3.05) is 0 Å². The van der Waals surface area contributed by atoms with Gasteiger partial charge in [-0.3, -0.25) is 4.79 Å². The molecule has 1 aromatic rings. The highest BCUT2D eigenvalue weighted by atomic mass is 79.9. The predicted octanol–water partition coefficient (Wildman–Crippen LogP) is 2.65. The molecule has 1 aromatic carbocycles. The van der Waals surface area contributed by atoms with Gasteiger partial charge >= 0.3 is 0 Å². The van der Waals surface area contributed by atoms with E-state index in [-0.39, 0.29) is 17.4 Å². The fourth-order valence-corrected chi connectivity index (χ4v) is 1.97. The van der Waals surface area contributed by atoms with Crippen molar-refractivity contribution in [3.63, 3.8) is 0 Å². The molecular weight excluding hydrogens is 242 g/mol. The van der Waals surface area contributed by atoms with Crippen LogP contribution in [0.2, 0.25) is 0 Å². The largest absolute Gasteiger partial charge is 0.348 e. The van der Waals surface area contributed by atoms with Gasteiger partial charge in [-0.05, 0) is 31.5 Å². The van der Waals surface area contributed by atoms with Crippen LogP contribution < -0.4 is 5.32 Å². The van der Waals surface area contributed by atoms with Gasteiger partial charge in [0.05, 0.1) is 11.5 Å². The van der Waals surface area contributed by atoms with Crippen molar-refractivity contribution < 1.29 is 4.79 Å². The predicted molar refractivity (Wildman–Crippen MR) is 58.8 cm³/mol. The average molecular weight is 254 g/mol. The minimum atomic E-state index is -0.270. The summed E-state index contributed by atoms with van der Waals surface area (Å²) in [6, 6.07) is 8.22. The first kappa shape index (κ1) is 9.71. The van der Waals surface area contributed by atoms with E-state index in [1.54, 1.807) is 0 Å². The molecule has 1 N–H and O–H groups in total. The van der Waals surface area contributed by atoms with Crippen LogP contribution in [0.1, 0.15) is 25.5 Å². The van der Waals surface area contributed by atoms with Crippen molar-refractivity contribution >= 4 is 21.8 Å². The molecule has 0 radical (unpaired) electrons. The Balaban J connectivity index is 2.26. The molecule has 14 heavy (non-hydrogen) atoms. The second-order valence-electron chi connectivity index (χ2n) is 4.18. The third-order valence-corrected chi connectivity index (χ3v) is 3.31. The number of amides is 1. The summed E-state index contributed by atoms with van der Waals surface area (Å²) >= 11 is 3.39. The summed E-state index contributed by atoms with van der Waals surface area (Å²) in [5.74, 6) is 0.130. The quantitative estimate of drug-likeness (QED) is 0.767. The first-order valence-corrected chi connectivity index (χ1v) is 5.37. The summed E-state index contributed by atoms with van der Waals surface area (Å²) < 4.78 is 1.06. The number of benzene rings is 1. The van der Waals surface area contributed by atoms with E-state index in [1.807, 2.05) is 38.1 Å². The zero-order valence-corrected chi connectivity index (χ0v) is 9.76. The van der Waals surface area contributed by atoms with Gasteiger partial charge in [-0.1, -0.05) is 28.1 Å². The summed E-state index contributed by atoms with van der Waals surface area (Å²) in [4.78, 5) is 11.3. The average Bonchev–Trinajstić information content (AvgIpc) is 2.16. The van der Waals surface area contributed by atoms with Crippen molar-refractivity contribution in [3.05, 3.63) is 34.3 Å². The molecule has 1 aliphatic rings. The summed E-state index contributed by atoms with van der Waals surface area (Å²) in [6.07, 6.45) is 0. The molecule has 0 unspecified atom stereocenters. The van der Waals surface area contributed by atoms with E-state index in [4.69, 9.17) is 0 Å². The fourth-order valence-electron chi connectivity index (χ4n) is 1.71. The molecule has 2 rings (SSSR count). The minimum Gasteiger partial charge on any atom is -0.348 e. The lowest BCUT2D eigenvalue weighted by Crippen LogP contribution is -2.57. The smallest absolute Gasteiger partial charge is 0.228 e. The van der Waals surface area contributed by atoms with E-state index in [0.717, 1.165) is 10.0 Å². The Morgan fingerprint density at radius 3 is 2.29 bits per heavy atom. The van der Waals surface area contributed by atoms with Gasteiger partial charge in [0.25, 0.3) is 0 Å². The molecule has 1 atom stereocenters. The molecule has 0 bridgehead atoms. The number of hydrogen-bond donors (Lipinski definition) is 1. The van der Waals surface area contributed by atoms with Crippen LogP contribution in [0.5, 0.6) is 0 Å². The van der Waals surface area contributed by atoms with Gasteiger partial charge in [0, 0.05) is 4.47 Å². The minimum absolute atomic E-state index is 0.130. The van der Waals surface area contributed by atoms with Crippen molar-refractivity contribution in [2.45, 2.75) is 19.9 Å². The van der Waals surface area contributed by atoms with E-state index < -0.39 is 0 Å². The summed E-state index contributed by atoms with van der Waals surface area (Å²) in [5, 5.41) is 2.91. The number of carbonyl (C=O) groups excluding carboxylic acids is 1. The van der Waals surface area contributed by atoms with E-state index in [0.29, 0.717) is 0 Å². The van der Waals surface area contributed by atoms with Gasteiger partial charge in [0.1, 0.15) is 0 Å². The first-order chi connectivity index (χ1) is 6.51. The lowest BCUT2D eigenvalue weighted by molar-refractivity contribution is -0.143. The Hall–Kier alpha value is -0.830. The van der Waals surface area contributed by atoms with Crippen LogP contribution in [0.4, 0.5) is 0 Å². The van der Waals surface area contributed by atoms with E-state index >= 15 is 0 Å². The molecule has 0 aliphatic carbocycles. The molecule has 3 heteroatoms. The van der Waals surface area contributed by atoms with Gasteiger partial charge in [-0.15, -0.1) is 0 Å². The number of hydrogen-bond acceptors (Lipinski definition) is 1. The standard InChI is InChI=1S/C11H12BrNO/c1-11(2)9(13-10(11)14)7-3-5-8(12)6-4-7/h3-6,9H,1-2H3,(H,13,14)/t9-/m0/s1. The van der Waals surface area contributed by atoms with Crippen molar-refractivity contribution in [1.29, 1.82) is 0 Å². The molecular formula is C11H12BrNO. The topological polar surface area (TPSA) is 29.1 Å². The van der Waals surface area contributed by atoms with Gasteiger partial charge in [0.2, 0.25) is 5.91 Å². The van der Waals surface area contributed by atoms with E-state index in [9.17, 15) is 4.79 Å². The van der Waals surface area contributed by atoms with Gasteiger partial charge in [-0.2, -0.15) is 0 Å². The van der Waals surface area contributed by atoms with Crippen molar-refractivity contribution in [3.8, 4) is 0 Å². The van der Waals surface area contributed by atoms with E-state index in [1.165, 1.54) is 0 Å². The second kappa shape index (κ2) is 3.09. The molecule has 0 spiro atoms. The molecule has 0 saturated carbocycles. The summed E-state index contributed by atoms with van der Waals surface area (Å²) in [6.45, 7) is 3.94. The van der Waals surface area contributed by atoms with Gasteiger partial charge in [0.15, 0.2) is 0 Å². The third-order valence-electron chi connectivity index (χ3n) is 2.79. The number of rotatable bonds is 1. The molecule has 1 saturated heterocycles. The van der Waals surface area contributed by atoms with Crippen LogP contribution in [0, 0.1) is 5.41 Å². The Kier molecular flexibility index (Phi) is 2.14. The van der Waals surface area contributed by atoms with Crippen LogP contribution >= 0.6 is 15.9 Å². The second-order valence-corrected chi connectivity index (χ2v) is 5.10. The number of β-lactam (4-membered cyclic amide) rings is 1. The third kappa shape index (κ3) is 1.36. The Labute approximate surface area is 91.8 Å². The fraction of sp³-hybridized carbons (Fsp3) is 0.364. The van der Waals surface area contributed by atoms with Gasteiger partial charge < -0.3 is 5.32 Å². The SMILES string of the molecule is CC1(C)C(=O)N[C@H]1c1ccc(Br)cc1. The molecule has 1 aliphatic heterocycles. The maximum atomic E-state index is 11.3.